The molecular weight excluding hydrogens is 581 g/mol. The quantitative estimate of drug-likeness (QED) is 0.280. The smallest absolute Gasteiger partial charge is 0.413 e. The number of anilines is 2. The van der Waals surface area contributed by atoms with Gasteiger partial charge in [-0.25, -0.2) is 14.8 Å². The van der Waals surface area contributed by atoms with Crippen LogP contribution in [-0.2, 0) is 4.74 Å². The molecule has 33 heavy (non-hydrogen) atoms. The molecule has 0 radical (unpaired) electrons. The summed E-state index contributed by atoms with van der Waals surface area (Å²) in [6, 6.07) is 1.77. The Morgan fingerprint density at radius 2 is 1.91 bits per heavy atom. The molecule has 0 fully saturated rings. The number of aromatic nitrogens is 2. The second kappa shape index (κ2) is 10.9. The predicted molar refractivity (Wildman–Crippen MR) is 139 cm³/mol. The molecule has 2 heterocycles. The Hall–Kier alpha value is -2.78. The van der Waals surface area contributed by atoms with Gasteiger partial charge in [0, 0.05) is 17.0 Å². The molecule has 3 rings (SSSR count). The van der Waals surface area contributed by atoms with E-state index < -0.39 is 6.09 Å². The van der Waals surface area contributed by atoms with E-state index in [1.165, 1.54) is 17.7 Å². The molecule has 3 N–H and O–H groups in total. The molecule has 10 nitrogen and oxygen atoms in total. The third kappa shape index (κ3) is 5.42. The van der Waals surface area contributed by atoms with Crippen molar-refractivity contribution in [1.29, 1.82) is 0 Å². The van der Waals surface area contributed by atoms with Crippen LogP contribution in [0.4, 0.5) is 16.3 Å². The van der Waals surface area contributed by atoms with Crippen molar-refractivity contribution in [2.24, 2.45) is 0 Å². The Morgan fingerprint density at radius 1 is 1.18 bits per heavy atom. The van der Waals surface area contributed by atoms with E-state index >= 15 is 0 Å². The lowest BCUT2D eigenvalue weighted by Crippen LogP contribution is -2.34. The van der Waals surface area contributed by atoms with Crippen molar-refractivity contribution in [1.82, 2.24) is 15.3 Å². The van der Waals surface area contributed by atoms with Crippen LogP contribution in [0.25, 0.3) is 10.2 Å². The number of carbonyl (C=O) groups is 2. The lowest BCUT2D eigenvalue weighted by Gasteiger charge is -2.16. The zero-order valence-corrected chi connectivity index (χ0v) is 21.9. The number of thiocarbonyl (C=S) groups is 1. The number of carbonyl (C=O) groups excluding carboxylic acids is 2. The van der Waals surface area contributed by atoms with Crippen LogP contribution in [0.5, 0.6) is 11.5 Å². The van der Waals surface area contributed by atoms with Crippen molar-refractivity contribution in [3.8, 4) is 11.5 Å². The first-order valence-electron chi connectivity index (χ1n) is 9.50. The van der Waals surface area contributed by atoms with Gasteiger partial charge in [-0.1, -0.05) is 0 Å². The number of methoxy groups -OCH3 is 2. The third-order valence-electron chi connectivity index (χ3n) is 4.44. The molecule has 0 atom stereocenters. The van der Waals surface area contributed by atoms with Crippen LogP contribution in [0, 0.1) is 10.5 Å². The van der Waals surface area contributed by atoms with Crippen molar-refractivity contribution >= 4 is 85.0 Å². The maximum atomic E-state index is 13.2. The van der Waals surface area contributed by atoms with Gasteiger partial charge in [-0.2, -0.15) is 0 Å². The molecule has 0 saturated carbocycles. The second-order valence-corrected chi connectivity index (χ2v) is 8.76. The Labute approximate surface area is 212 Å². The van der Waals surface area contributed by atoms with Gasteiger partial charge in [-0.3, -0.25) is 10.1 Å². The lowest BCUT2D eigenvalue weighted by atomic mass is 10.1. The van der Waals surface area contributed by atoms with Gasteiger partial charge in [-0.15, -0.1) is 11.3 Å². The zero-order chi connectivity index (χ0) is 24.1. The average molecular weight is 601 g/mol. The van der Waals surface area contributed by atoms with E-state index in [2.05, 4.69) is 48.5 Å². The standard InChI is InChI=1S/C20H20IN5O5S2/c1-5-31-20(28)26-19(32)25-17-16-15(22-8-23-17)10(7-33-16)18(27)24-14-9(2)11(29-3)6-12(30-4)13(14)21/h6-8H,5H2,1-4H3,(H,24,27)(H2,22,23,25,26,28,32). The highest BCUT2D eigenvalue weighted by atomic mass is 127. The summed E-state index contributed by atoms with van der Waals surface area (Å²) in [5, 5.41) is 9.87. The minimum Gasteiger partial charge on any atom is -0.496 e. The number of nitrogens with zero attached hydrogens (tertiary/aromatic N) is 2. The maximum absolute atomic E-state index is 13.2. The Balaban J connectivity index is 1.89. The zero-order valence-electron chi connectivity index (χ0n) is 18.1. The van der Waals surface area contributed by atoms with Gasteiger partial charge in [0.05, 0.1) is 45.9 Å². The fraction of sp³-hybridized carbons (Fsp3) is 0.250. The minimum absolute atomic E-state index is 0.0153. The molecule has 174 valence electrons. The number of fused-ring (bicyclic) bond motifs is 1. The first-order chi connectivity index (χ1) is 15.8. The number of hydrogen-bond donors (Lipinski definition) is 3. The summed E-state index contributed by atoms with van der Waals surface area (Å²) in [4.78, 5) is 33.2. The molecule has 0 unspecified atom stereocenters. The van der Waals surface area contributed by atoms with E-state index in [4.69, 9.17) is 26.4 Å². The van der Waals surface area contributed by atoms with Crippen LogP contribution in [-0.4, -0.2) is 47.9 Å². The van der Waals surface area contributed by atoms with Gasteiger partial charge in [0.15, 0.2) is 10.9 Å². The summed E-state index contributed by atoms with van der Waals surface area (Å²) in [6.07, 6.45) is 0.635. The normalized spacial score (nSPS) is 10.5. The summed E-state index contributed by atoms with van der Waals surface area (Å²) in [5.74, 6) is 1.18. The van der Waals surface area contributed by atoms with E-state index in [-0.39, 0.29) is 17.6 Å². The third-order valence-corrected chi connectivity index (χ3v) is 6.69. The highest BCUT2D eigenvalue weighted by Crippen LogP contribution is 2.38. The number of thiophene rings is 1. The van der Waals surface area contributed by atoms with Crippen molar-refractivity contribution < 1.29 is 23.8 Å². The van der Waals surface area contributed by atoms with Gasteiger partial charge in [0.25, 0.3) is 5.91 Å². The number of hydrogen-bond acceptors (Lipinski definition) is 9. The maximum Gasteiger partial charge on any atom is 0.413 e. The van der Waals surface area contributed by atoms with E-state index in [0.29, 0.717) is 38.8 Å². The molecule has 0 aliphatic heterocycles. The van der Waals surface area contributed by atoms with Gasteiger partial charge in [0.2, 0.25) is 0 Å². The molecule has 1 aromatic carbocycles. The highest BCUT2D eigenvalue weighted by molar-refractivity contribution is 14.1. The van der Waals surface area contributed by atoms with Crippen LogP contribution in [0.1, 0.15) is 22.8 Å². The highest BCUT2D eigenvalue weighted by Gasteiger charge is 2.21. The summed E-state index contributed by atoms with van der Waals surface area (Å²) in [7, 11) is 3.11. The van der Waals surface area contributed by atoms with Gasteiger partial charge >= 0.3 is 6.09 Å². The van der Waals surface area contributed by atoms with E-state index in [0.717, 1.165) is 9.13 Å². The second-order valence-electron chi connectivity index (χ2n) is 6.40. The summed E-state index contributed by atoms with van der Waals surface area (Å²) < 4.78 is 17.0. The van der Waals surface area contributed by atoms with Crippen molar-refractivity contribution in [3.63, 3.8) is 0 Å². The van der Waals surface area contributed by atoms with Gasteiger partial charge in [0.1, 0.15) is 17.8 Å². The summed E-state index contributed by atoms with van der Waals surface area (Å²) in [6.45, 7) is 3.75. The molecule has 0 aliphatic rings. The topological polar surface area (TPSA) is 124 Å². The summed E-state index contributed by atoms with van der Waals surface area (Å²) in [5.41, 5.74) is 2.16. The Bertz CT molecular complexity index is 1210. The van der Waals surface area contributed by atoms with E-state index in [1.807, 2.05) is 6.92 Å². The van der Waals surface area contributed by atoms with E-state index in [9.17, 15) is 9.59 Å². The number of alkyl carbamates (subject to hydrolysis) is 1. The van der Waals surface area contributed by atoms with Crippen molar-refractivity contribution in [3.05, 3.63) is 32.5 Å². The van der Waals surface area contributed by atoms with Crippen molar-refractivity contribution in [2.75, 3.05) is 31.5 Å². The monoisotopic (exact) mass is 601 g/mol. The number of rotatable bonds is 6. The fourth-order valence-electron chi connectivity index (χ4n) is 2.89. The first kappa shape index (κ1) is 24.9. The molecule has 3 aromatic rings. The predicted octanol–water partition coefficient (Wildman–Crippen LogP) is 4.32. The molecule has 2 amide bonds. The van der Waals surface area contributed by atoms with Crippen LogP contribution < -0.4 is 25.4 Å². The fourth-order valence-corrected chi connectivity index (χ4v) is 4.93. The summed E-state index contributed by atoms with van der Waals surface area (Å²) >= 11 is 8.51. The Kier molecular flexibility index (Phi) is 8.20. The minimum atomic E-state index is -0.676. The van der Waals surface area contributed by atoms with Gasteiger partial charge < -0.3 is 24.8 Å². The van der Waals surface area contributed by atoms with Crippen LogP contribution in [0.15, 0.2) is 17.8 Å². The lowest BCUT2D eigenvalue weighted by molar-refractivity contribution is 0.102. The number of benzene rings is 1. The van der Waals surface area contributed by atoms with Gasteiger partial charge in [-0.05, 0) is 48.7 Å². The van der Waals surface area contributed by atoms with Crippen LogP contribution in [0.2, 0.25) is 0 Å². The van der Waals surface area contributed by atoms with Crippen LogP contribution >= 0.6 is 46.1 Å². The van der Waals surface area contributed by atoms with E-state index in [1.54, 1.807) is 32.6 Å². The molecule has 2 aromatic heterocycles. The average Bonchev–Trinajstić information content (AvgIpc) is 3.22. The number of halogens is 1. The molecule has 0 spiro atoms. The molecule has 0 bridgehead atoms. The SMILES string of the molecule is CCOC(=O)NC(=S)Nc1ncnc2c(C(=O)Nc3c(C)c(OC)cc(OC)c3I)csc12. The molecule has 0 saturated heterocycles. The molecule has 0 aliphatic carbocycles. The van der Waals surface area contributed by atoms with Crippen molar-refractivity contribution in [2.45, 2.75) is 13.8 Å². The molecule has 13 heteroatoms. The molecular formula is C20H20IN5O5S2. The Morgan fingerprint density at radius 3 is 2.58 bits per heavy atom. The number of ether oxygens (including phenoxy) is 3. The first-order valence-corrected chi connectivity index (χ1v) is 11.9. The number of amides is 2. The largest absolute Gasteiger partial charge is 0.496 e. The number of nitrogens with one attached hydrogen (secondary N) is 3. The van der Waals surface area contributed by atoms with Crippen LogP contribution in [0.3, 0.4) is 0 Å².